The van der Waals surface area contributed by atoms with Gasteiger partial charge >= 0.3 is 0 Å². The highest BCUT2D eigenvalue weighted by atomic mass is 19.1. The van der Waals surface area contributed by atoms with E-state index in [1.54, 1.807) is 6.07 Å². The van der Waals surface area contributed by atoms with Crippen molar-refractivity contribution in [1.82, 2.24) is 0 Å². The average Bonchev–Trinajstić information content (AvgIpc) is 2.16. The summed E-state index contributed by atoms with van der Waals surface area (Å²) in [6.07, 6.45) is 0.997. The molecule has 2 rings (SSSR count). The van der Waals surface area contributed by atoms with Crippen LogP contribution in [0.5, 0.6) is 5.75 Å². The molecule has 0 fully saturated rings. The lowest BCUT2D eigenvalue weighted by atomic mass is 10.0. The lowest BCUT2D eigenvalue weighted by Gasteiger charge is -2.23. The second-order valence-corrected chi connectivity index (χ2v) is 3.51. The van der Waals surface area contributed by atoms with Gasteiger partial charge in [-0.25, -0.2) is 4.39 Å². The molecule has 0 saturated carbocycles. The summed E-state index contributed by atoms with van der Waals surface area (Å²) in [6.45, 7) is 1.51. The standard InChI is InChI=1S/C11H11FO2/c1-7(13)10-4-2-8-6-9(12)3-5-11(8)14-10/h3,5-6,10H,2,4H2,1H3/t10-/m0/s1. The van der Waals surface area contributed by atoms with Crippen LogP contribution >= 0.6 is 0 Å². The van der Waals surface area contributed by atoms with Gasteiger partial charge in [-0.3, -0.25) is 4.79 Å². The Morgan fingerprint density at radius 3 is 3.07 bits per heavy atom. The van der Waals surface area contributed by atoms with Crippen molar-refractivity contribution in [2.75, 3.05) is 0 Å². The summed E-state index contributed by atoms with van der Waals surface area (Å²) in [6, 6.07) is 4.40. The monoisotopic (exact) mass is 194 g/mol. The zero-order valence-corrected chi connectivity index (χ0v) is 7.92. The molecule has 0 unspecified atom stereocenters. The summed E-state index contributed by atoms with van der Waals surface area (Å²) in [5.74, 6) is 0.409. The minimum Gasteiger partial charge on any atom is -0.482 e. The molecule has 1 heterocycles. The maximum absolute atomic E-state index is 12.8. The number of benzene rings is 1. The number of ether oxygens (including phenoxy) is 1. The molecule has 74 valence electrons. The van der Waals surface area contributed by atoms with E-state index in [4.69, 9.17) is 4.74 Å². The molecule has 1 aromatic carbocycles. The third-order valence-corrected chi connectivity index (χ3v) is 2.42. The Hall–Kier alpha value is -1.38. The van der Waals surface area contributed by atoms with Crippen LogP contribution in [0.15, 0.2) is 18.2 Å². The number of halogens is 1. The van der Waals surface area contributed by atoms with Gasteiger partial charge in [-0.15, -0.1) is 0 Å². The Morgan fingerprint density at radius 1 is 1.57 bits per heavy atom. The summed E-state index contributed by atoms with van der Waals surface area (Å²) in [7, 11) is 0. The van der Waals surface area contributed by atoms with Gasteiger partial charge in [0.05, 0.1) is 0 Å². The zero-order valence-electron chi connectivity index (χ0n) is 7.92. The highest BCUT2D eigenvalue weighted by molar-refractivity contribution is 5.81. The lowest BCUT2D eigenvalue weighted by molar-refractivity contribution is -0.124. The van der Waals surface area contributed by atoms with Gasteiger partial charge in [-0.05, 0) is 43.5 Å². The summed E-state index contributed by atoms with van der Waals surface area (Å²) in [4.78, 5) is 11.1. The molecule has 3 heteroatoms. The van der Waals surface area contributed by atoms with Crippen LogP contribution in [-0.2, 0) is 11.2 Å². The SMILES string of the molecule is CC(=O)[C@@H]1CCc2cc(F)ccc2O1. The van der Waals surface area contributed by atoms with Crippen molar-refractivity contribution >= 4 is 5.78 Å². The Labute approximate surface area is 81.7 Å². The van der Waals surface area contributed by atoms with E-state index in [-0.39, 0.29) is 17.7 Å². The zero-order chi connectivity index (χ0) is 10.1. The number of carbonyl (C=O) groups excluding carboxylic acids is 1. The molecular formula is C11H11FO2. The van der Waals surface area contributed by atoms with Crippen LogP contribution < -0.4 is 4.74 Å². The van der Waals surface area contributed by atoms with E-state index in [0.29, 0.717) is 18.6 Å². The van der Waals surface area contributed by atoms with Gasteiger partial charge < -0.3 is 4.74 Å². The van der Waals surface area contributed by atoms with E-state index >= 15 is 0 Å². The number of hydrogen-bond acceptors (Lipinski definition) is 2. The third kappa shape index (κ3) is 1.62. The van der Waals surface area contributed by atoms with Crippen LogP contribution in [0.4, 0.5) is 4.39 Å². The van der Waals surface area contributed by atoms with Gasteiger partial charge in [-0.1, -0.05) is 0 Å². The number of ketones is 1. The number of fused-ring (bicyclic) bond motifs is 1. The topological polar surface area (TPSA) is 26.3 Å². The van der Waals surface area contributed by atoms with Gasteiger partial charge in [0.1, 0.15) is 11.6 Å². The van der Waals surface area contributed by atoms with Crippen molar-refractivity contribution in [2.24, 2.45) is 0 Å². The quantitative estimate of drug-likeness (QED) is 0.684. The molecule has 1 aliphatic rings. The average molecular weight is 194 g/mol. The first-order valence-electron chi connectivity index (χ1n) is 4.62. The van der Waals surface area contributed by atoms with Gasteiger partial charge in [0.15, 0.2) is 11.9 Å². The highest BCUT2D eigenvalue weighted by Gasteiger charge is 2.23. The van der Waals surface area contributed by atoms with E-state index in [0.717, 1.165) is 5.56 Å². The predicted octanol–water partition coefficient (Wildman–Crippen LogP) is 2.11. The van der Waals surface area contributed by atoms with E-state index in [1.807, 2.05) is 0 Å². The smallest absolute Gasteiger partial charge is 0.170 e. The number of hydrogen-bond donors (Lipinski definition) is 0. The first kappa shape index (κ1) is 9.19. The molecule has 1 atom stereocenters. The first-order valence-corrected chi connectivity index (χ1v) is 4.62. The molecule has 0 saturated heterocycles. The van der Waals surface area contributed by atoms with Crippen molar-refractivity contribution in [3.8, 4) is 5.75 Å². The number of carbonyl (C=O) groups is 1. The molecule has 1 aromatic rings. The first-order chi connectivity index (χ1) is 6.66. The van der Waals surface area contributed by atoms with Crippen molar-refractivity contribution < 1.29 is 13.9 Å². The van der Waals surface area contributed by atoms with Gasteiger partial charge in [0, 0.05) is 0 Å². The van der Waals surface area contributed by atoms with Gasteiger partial charge in [-0.2, -0.15) is 0 Å². The van der Waals surface area contributed by atoms with Crippen LogP contribution in [0.25, 0.3) is 0 Å². The minimum atomic E-state index is -0.354. The third-order valence-electron chi connectivity index (χ3n) is 2.42. The fourth-order valence-corrected chi connectivity index (χ4v) is 1.64. The van der Waals surface area contributed by atoms with Crippen molar-refractivity contribution in [2.45, 2.75) is 25.9 Å². The molecule has 0 N–H and O–H groups in total. The Balaban J connectivity index is 2.27. The summed E-state index contributed by atoms with van der Waals surface area (Å²) >= 11 is 0. The molecule has 0 radical (unpaired) electrons. The summed E-state index contributed by atoms with van der Waals surface area (Å²) in [5, 5.41) is 0. The fourth-order valence-electron chi connectivity index (χ4n) is 1.64. The molecule has 0 bridgehead atoms. The molecule has 1 aliphatic heterocycles. The maximum atomic E-state index is 12.8. The number of aryl methyl sites for hydroxylation is 1. The predicted molar refractivity (Wildman–Crippen MR) is 49.8 cm³/mol. The highest BCUT2D eigenvalue weighted by Crippen LogP contribution is 2.28. The molecule has 0 amide bonds. The maximum Gasteiger partial charge on any atom is 0.170 e. The second-order valence-electron chi connectivity index (χ2n) is 3.51. The minimum absolute atomic E-state index is 0.0278. The number of Topliss-reactive ketones (excluding diaryl/α,β-unsaturated/α-hetero) is 1. The van der Waals surface area contributed by atoms with E-state index in [9.17, 15) is 9.18 Å². The lowest BCUT2D eigenvalue weighted by Crippen LogP contribution is -2.29. The molecule has 0 spiro atoms. The second kappa shape index (κ2) is 3.40. The van der Waals surface area contributed by atoms with Crippen molar-refractivity contribution in [1.29, 1.82) is 0 Å². The Morgan fingerprint density at radius 2 is 2.36 bits per heavy atom. The van der Waals surface area contributed by atoms with Crippen LogP contribution in [0.1, 0.15) is 18.9 Å². The Bertz CT molecular complexity index is 374. The molecule has 14 heavy (non-hydrogen) atoms. The van der Waals surface area contributed by atoms with Gasteiger partial charge in [0.25, 0.3) is 0 Å². The fraction of sp³-hybridized carbons (Fsp3) is 0.364. The Kier molecular flexibility index (Phi) is 2.23. The van der Waals surface area contributed by atoms with E-state index < -0.39 is 0 Å². The molecule has 0 aromatic heterocycles. The van der Waals surface area contributed by atoms with Crippen molar-refractivity contribution in [3.63, 3.8) is 0 Å². The summed E-state index contributed by atoms with van der Waals surface area (Å²) in [5.41, 5.74) is 0.850. The van der Waals surface area contributed by atoms with Gasteiger partial charge in [0.2, 0.25) is 0 Å². The molecular weight excluding hydrogens is 183 g/mol. The number of rotatable bonds is 1. The van der Waals surface area contributed by atoms with E-state index in [1.165, 1.54) is 19.1 Å². The van der Waals surface area contributed by atoms with E-state index in [2.05, 4.69) is 0 Å². The van der Waals surface area contributed by atoms with Crippen LogP contribution in [0, 0.1) is 5.82 Å². The molecule has 0 aliphatic carbocycles. The largest absolute Gasteiger partial charge is 0.482 e. The van der Waals surface area contributed by atoms with Crippen molar-refractivity contribution in [3.05, 3.63) is 29.6 Å². The molecule has 2 nitrogen and oxygen atoms in total. The van der Waals surface area contributed by atoms with Crippen LogP contribution in [0.2, 0.25) is 0 Å². The van der Waals surface area contributed by atoms with Crippen LogP contribution in [-0.4, -0.2) is 11.9 Å². The van der Waals surface area contributed by atoms with Crippen LogP contribution in [0.3, 0.4) is 0 Å². The summed E-state index contributed by atoms with van der Waals surface area (Å²) < 4.78 is 18.3. The normalized spacial score (nSPS) is 19.7.